The van der Waals surface area contributed by atoms with Gasteiger partial charge in [0, 0.05) is 12.7 Å². The summed E-state index contributed by atoms with van der Waals surface area (Å²) in [6.07, 6.45) is 1.58. The Kier molecular flexibility index (Phi) is 4.61. The van der Waals surface area contributed by atoms with Crippen LogP contribution in [0.25, 0.3) is 11.0 Å². The maximum absolute atomic E-state index is 12.6. The van der Waals surface area contributed by atoms with Crippen molar-refractivity contribution in [3.63, 3.8) is 0 Å². The number of aryl methyl sites for hydroxylation is 1. The molecule has 3 aromatic rings. The van der Waals surface area contributed by atoms with Crippen LogP contribution < -0.4 is 10.1 Å². The fraction of sp³-hybridized carbons (Fsp3) is 0.222. The number of ether oxygens (including phenoxy) is 1. The number of rotatable bonds is 5. The van der Waals surface area contributed by atoms with E-state index in [1.807, 2.05) is 24.5 Å². The van der Waals surface area contributed by atoms with Gasteiger partial charge in [-0.25, -0.2) is 9.97 Å². The largest absolute Gasteiger partial charge is 0.477 e. The lowest BCUT2D eigenvalue weighted by molar-refractivity contribution is 0.102. The van der Waals surface area contributed by atoms with E-state index in [-0.39, 0.29) is 11.8 Å². The van der Waals surface area contributed by atoms with E-state index in [1.165, 1.54) is 0 Å². The Balaban J connectivity index is 1.98. The van der Waals surface area contributed by atoms with Gasteiger partial charge < -0.3 is 9.30 Å². The molecule has 0 unspecified atom stereocenters. The lowest BCUT2D eigenvalue weighted by Gasteiger charge is -2.10. The van der Waals surface area contributed by atoms with Gasteiger partial charge >= 0.3 is 0 Å². The van der Waals surface area contributed by atoms with E-state index >= 15 is 0 Å². The number of imidazole rings is 1. The van der Waals surface area contributed by atoms with E-state index in [4.69, 9.17) is 10.00 Å². The summed E-state index contributed by atoms with van der Waals surface area (Å²) >= 11 is 0. The first kappa shape index (κ1) is 16.5. The third kappa shape index (κ3) is 3.15. The van der Waals surface area contributed by atoms with Gasteiger partial charge in [0.25, 0.3) is 5.91 Å². The second kappa shape index (κ2) is 7.01. The van der Waals surface area contributed by atoms with E-state index in [1.54, 1.807) is 30.5 Å². The van der Waals surface area contributed by atoms with Gasteiger partial charge in [0.15, 0.2) is 0 Å². The molecule has 3 rings (SSSR count). The number of fused-ring (bicyclic) bond motifs is 1. The molecule has 1 N–H and O–H groups in total. The van der Waals surface area contributed by atoms with Crippen molar-refractivity contribution in [3.05, 3.63) is 47.7 Å². The number of hydrogen-bond acceptors (Lipinski definition) is 5. The summed E-state index contributed by atoms with van der Waals surface area (Å²) in [5.41, 5.74) is 2.38. The van der Waals surface area contributed by atoms with E-state index in [2.05, 4.69) is 21.4 Å². The Hall–Kier alpha value is -3.40. The van der Waals surface area contributed by atoms with Gasteiger partial charge in [-0.2, -0.15) is 5.26 Å². The van der Waals surface area contributed by atoms with Crippen molar-refractivity contribution in [2.75, 3.05) is 11.9 Å². The van der Waals surface area contributed by atoms with E-state index < -0.39 is 0 Å². The number of nitrogens with one attached hydrogen (secondary N) is 1. The maximum atomic E-state index is 12.6. The molecule has 7 nitrogen and oxygen atoms in total. The van der Waals surface area contributed by atoms with Crippen LogP contribution in [0.2, 0.25) is 0 Å². The number of anilines is 1. The minimum absolute atomic E-state index is 0.286. The zero-order valence-electron chi connectivity index (χ0n) is 14.0. The standard InChI is InChI=1S/C18H17N5O2/c1-3-23-15-8-7-12(11-19)10-14(15)21-18(23)22-16(24)13-6-5-9-20-17(13)25-4-2/h5-10H,3-4H2,1-2H3,(H,21,22,24). The molecule has 1 amide bonds. The Bertz CT molecular complexity index is 971. The zero-order chi connectivity index (χ0) is 17.8. The highest BCUT2D eigenvalue weighted by atomic mass is 16.5. The number of benzene rings is 1. The van der Waals surface area contributed by atoms with Gasteiger partial charge in [0.1, 0.15) is 5.56 Å². The van der Waals surface area contributed by atoms with Crippen LogP contribution in [0.5, 0.6) is 5.88 Å². The molecule has 126 valence electrons. The van der Waals surface area contributed by atoms with Crippen LogP contribution in [0, 0.1) is 11.3 Å². The zero-order valence-corrected chi connectivity index (χ0v) is 14.0. The van der Waals surface area contributed by atoms with Crippen LogP contribution in [-0.4, -0.2) is 27.0 Å². The smallest absolute Gasteiger partial charge is 0.263 e. The molecule has 0 spiro atoms. The number of carbonyl (C=O) groups is 1. The van der Waals surface area contributed by atoms with Crippen LogP contribution in [0.4, 0.5) is 5.95 Å². The molecule has 0 aliphatic carbocycles. The van der Waals surface area contributed by atoms with Crippen molar-refractivity contribution >= 4 is 22.9 Å². The minimum atomic E-state index is -0.345. The summed E-state index contributed by atoms with van der Waals surface area (Å²) in [5.74, 6) is 0.361. The predicted octanol–water partition coefficient (Wildman–Crippen LogP) is 2.97. The highest BCUT2D eigenvalue weighted by Crippen LogP contribution is 2.22. The molecular weight excluding hydrogens is 318 g/mol. The number of nitrogens with zero attached hydrogens (tertiary/aromatic N) is 4. The summed E-state index contributed by atoms with van der Waals surface area (Å²) in [6, 6.07) is 10.7. The van der Waals surface area contributed by atoms with Gasteiger partial charge in [-0.1, -0.05) is 0 Å². The summed E-state index contributed by atoms with van der Waals surface area (Å²) < 4.78 is 7.29. The average molecular weight is 335 g/mol. The Morgan fingerprint density at radius 3 is 2.92 bits per heavy atom. The molecule has 0 bridgehead atoms. The molecule has 0 fully saturated rings. The first-order valence-electron chi connectivity index (χ1n) is 7.97. The number of nitriles is 1. The molecule has 0 saturated heterocycles. The Morgan fingerprint density at radius 2 is 2.20 bits per heavy atom. The van der Waals surface area contributed by atoms with Crippen LogP contribution in [0.1, 0.15) is 29.8 Å². The van der Waals surface area contributed by atoms with Crippen molar-refractivity contribution in [1.82, 2.24) is 14.5 Å². The maximum Gasteiger partial charge on any atom is 0.263 e. The molecule has 0 atom stereocenters. The number of aromatic nitrogens is 3. The molecule has 0 saturated carbocycles. The minimum Gasteiger partial charge on any atom is -0.477 e. The number of amides is 1. The molecule has 2 heterocycles. The second-order valence-corrected chi connectivity index (χ2v) is 5.24. The molecule has 2 aromatic heterocycles. The van der Waals surface area contributed by atoms with Crippen LogP contribution in [0.15, 0.2) is 36.5 Å². The van der Waals surface area contributed by atoms with Crippen molar-refractivity contribution < 1.29 is 9.53 Å². The summed E-state index contributed by atoms with van der Waals surface area (Å²) in [4.78, 5) is 21.2. The molecule has 7 heteroatoms. The van der Waals surface area contributed by atoms with Crippen molar-refractivity contribution in [2.24, 2.45) is 0 Å². The van der Waals surface area contributed by atoms with Crippen molar-refractivity contribution in [2.45, 2.75) is 20.4 Å². The predicted molar refractivity (Wildman–Crippen MR) is 93.5 cm³/mol. The Labute approximate surface area is 144 Å². The van der Waals surface area contributed by atoms with E-state index in [9.17, 15) is 4.79 Å². The summed E-state index contributed by atoms with van der Waals surface area (Å²) in [7, 11) is 0. The average Bonchev–Trinajstić information content (AvgIpc) is 2.98. The molecular formula is C18H17N5O2. The van der Waals surface area contributed by atoms with Gasteiger partial charge in [-0.05, 0) is 44.2 Å². The fourth-order valence-corrected chi connectivity index (χ4v) is 2.60. The SMILES string of the molecule is CCOc1ncccc1C(=O)Nc1nc2cc(C#N)ccc2n1CC. The summed E-state index contributed by atoms with van der Waals surface area (Å²) in [5, 5.41) is 11.8. The summed E-state index contributed by atoms with van der Waals surface area (Å²) in [6.45, 7) is 4.84. The number of carbonyl (C=O) groups excluding carboxylic acids is 1. The van der Waals surface area contributed by atoms with Gasteiger partial charge in [0.05, 0.1) is 29.3 Å². The fourth-order valence-electron chi connectivity index (χ4n) is 2.60. The first-order chi connectivity index (χ1) is 12.2. The first-order valence-corrected chi connectivity index (χ1v) is 7.97. The molecule has 0 aliphatic rings. The van der Waals surface area contributed by atoms with Gasteiger partial charge in [-0.3, -0.25) is 10.1 Å². The molecule has 0 aliphatic heterocycles. The molecule has 0 radical (unpaired) electrons. The lowest BCUT2D eigenvalue weighted by Crippen LogP contribution is -2.17. The monoisotopic (exact) mass is 335 g/mol. The quantitative estimate of drug-likeness (QED) is 0.774. The van der Waals surface area contributed by atoms with Crippen molar-refractivity contribution in [1.29, 1.82) is 5.26 Å². The highest BCUT2D eigenvalue weighted by molar-refractivity contribution is 6.05. The second-order valence-electron chi connectivity index (χ2n) is 5.24. The Morgan fingerprint density at radius 1 is 1.36 bits per heavy atom. The van der Waals surface area contributed by atoms with E-state index in [0.717, 1.165) is 5.52 Å². The highest BCUT2D eigenvalue weighted by Gasteiger charge is 2.17. The molecule has 1 aromatic carbocycles. The van der Waals surface area contributed by atoms with Gasteiger partial charge in [0.2, 0.25) is 11.8 Å². The normalized spacial score (nSPS) is 10.4. The third-order valence-electron chi connectivity index (χ3n) is 3.72. The topological polar surface area (TPSA) is 92.8 Å². The number of hydrogen-bond donors (Lipinski definition) is 1. The van der Waals surface area contributed by atoms with Crippen LogP contribution in [-0.2, 0) is 6.54 Å². The van der Waals surface area contributed by atoms with Crippen molar-refractivity contribution in [3.8, 4) is 11.9 Å². The molecule has 25 heavy (non-hydrogen) atoms. The third-order valence-corrected chi connectivity index (χ3v) is 3.72. The van der Waals surface area contributed by atoms with Gasteiger partial charge in [-0.15, -0.1) is 0 Å². The lowest BCUT2D eigenvalue weighted by atomic mass is 10.2. The number of pyridine rings is 1. The van der Waals surface area contributed by atoms with E-state index in [0.29, 0.717) is 35.7 Å². The van der Waals surface area contributed by atoms with Crippen LogP contribution >= 0.6 is 0 Å². The van der Waals surface area contributed by atoms with Crippen LogP contribution in [0.3, 0.4) is 0 Å².